The monoisotopic (exact) mass is 265 g/mol. The fourth-order valence-electron chi connectivity index (χ4n) is 2.58. The largest absolute Gasteiger partial charge is 0.493 e. The predicted molar refractivity (Wildman–Crippen MR) is 74.5 cm³/mol. The average molecular weight is 265 g/mol. The molecule has 19 heavy (non-hydrogen) atoms. The molecule has 0 saturated carbocycles. The van der Waals surface area contributed by atoms with Gasteiger partial charge in [0, 0.05) is 18.7 Å². The van der Waals surface area contributed by atoms with Gasteiger partial charge in [0.05, 0.1) is 25.9 Å². The van der Waals surface area contributed by atoms with Gasteiger partial charge in [-0.1, -0.05) is 18.2 Å². The first-order valence-corrected chi connectivity index (χ1v) is 6.84. The van der Waals surface area contributed by atoms with E-state index in [2.05, 4.69) is 30.4 Å². The molecule has 0 aliphatic carbocycles. The maximum absolute atomic E-state index is 9.39. The van der Waals surface area contributed by atoms with Gasteiger partial charge in [-0.25, -0.2) is 0 Å². The summed E-state index contributed by atoms with van der Waals surface area (Å²) in [7, 11) is 1.65. The second kappa shape index (κ2) is 6.89. The number of hydrogen-bond donors (Lipinski definition) is 2. The van der Waals surface area contributed by atoms with Crippen LogP contribution in [0, 0.1) is 6.92 Å². The van der Waals surface area contributed by atoms with E-state index in [0.29, 0.717) is 6.61 Å². The van der Waals surface area contributed by atoms with Crippen molar-refractivity contribution in [1.82, 2.24) is 5.32 Å². The van der Waals surface area contributed by atoms with Crippen LogP contribution in [0.1, 0.15) is 30.0 Å². The van der Waals surface area contributed by atoms with Gasteiger partial charge in [-0.2, -0.15) is 0 Å². The molecule has 0 saturated heterocycles. The van der Waals surface area contributed by atoms with Gasteiger partial charge in [0.2, 0.25) is 0 Å². The van der Waals surface area contributed by atoms with E-state index in [4.69, 9.17) is 9.47 Å². The first-order chi connectivity index (χ1) is 9.26. The number of aliphatic hydroxyl groups excluding tert-OH is 1. The molecule has 1 aromatic rings. The third kappa shape index (κ3) is 3.47. The lowest BCUT2D eigenvalue weighted by molar-refractivity contribution is 0.121. The van der Waals surface area contributed by atoms with Crippen LogP contribution in [0.15, 0.2) is 18.2 Å². The third-order valence-corrected chi connectivity index (χ3v) is 3.53. The molecular weight excluding hydrogens is 242 g/mol. The number of rotatable bonds is 5. The number of hydrogen-bond acceptors (Lipinski definition) is 4. The Morgan fingerprint density at radius 2 is 2.37 bits per heavy atom. The summed E-state index contributed by atoms with van der Waals surface area (Å²) in [6, 6.07) is 6.40. The van der Waals surface area contributed by atoms with Crippen molar-refractivity contribution in [3.8, 4) is 5.75 Å². The van der Waals surface area contributed by atoms with Crippen molar-refractivity contribution in [3.63, 3.8) is 0 Å². The number of aliphatic hydroxyl groups is 1. The Labute approximate surface area is 114 Å². The molecule has 0 radical (unpaired) electrons. The lowest BCUT2D eigenvalue weighted by atomic mass is 9.99. The van der Waals surface area contributed by atoms with Gasteiger partial charge in [-0.05, 0) is 25.3 Å². The highest BCUT2D eigenvalue weighted by atomic mass is 16.5. The van der Waals surface area contributed by atoms with Crippen LogP contribution in [0.3, 0.4) is 0 Å². The molecule has 0 fully saturated rings. The second-order valence-corrected chi connectivity index (χ2v) is 5.04. The molecular formula is C15H23NO3. The molecule has 0 amide bonds. The number of aryl methyl sites for hydroxylation is 1. The molecule has 0 bridgehead atoms. The molecule has 106 valence electrons. The van der Waals surface area contributed by atoms with Gasteiger partial charge >= 0.3 is 0 Å². The Balaban J connectivity index is 2.19. The minimum absolute atomic E-state index is 0.0403. The summed E-state index contributed by atoms with van der Waals surface area (Å²) in [5.41, 5.74) is 2.35. The molecule has 1 heterocycles. The number of para-hydroxylation sites is 1. The predicted octanol–water partition coefficient (Wildman–Crippen LogP) is 1.81. The first kappa shape index (κ1) is 14.3. The van der Waals surface area contributed by atoms with Crippen molar-refractivity contribution in [2.75, 3.05) is 26.9 Å². The van der Waals surface area contributed by atoms with E-state index in [9.17, 15) is 5.11 Å². The summed E-state index contributed by atoms with van der Waals surface area (Å²) in [6.45, 7) is 3.41. The quantitative estimate of drug-likeness (QED) is 0.852. The summed E-state index contributed by atoms with van der Waals surface area (Å²) >= 11 is 0. The lowest BCUT2D eigenvalue weighted by Gasteiger charge is -2.24. The molecule has 0 aromatic heterocycles. The standard InChI is InChI=1S/C15H23NO3/c1-11-5-3-6-13-14(7-4-8-19-15(11)13)16-12(9-17)10-18-2/h3,5-6,12,14,16-17H,4,7-10H2,1-2H3. The lowest BCUT2D eigenvalue weighted by Crippen LogP contribution is -2.39. The van der Waals surface area contributed by atoms with E-state index in [1.807, 2.05) is 0 Å². The fourth-order valence-corrected chi connectivity index (χ4v) is 2.58. The molecule has 1 aliphatic rings. The van der Waals surface area contributed by atoms with Crippen LogP contribution in [0.2, 0.25) is 0 Å². The van der Waals surface area contributed by atoms with E-state index < -0.39 is 0 Å². The fraction of sp³-hybridized carbons (Fsp3) is 0.600. The Bertz CT molecular complexity index is 408. The molecule has 2 unspecified atom stereocenters. The zero-order valence-electron chi connectivity index (χ0n) is 11.7. The van der Waals surface area contributed by atoms with Crippen molar-refractivity contribution >= 4 is 0 Å². The molecule has 2 rings (SSSR count). The van der Waals surface area contributed by atoms with Crippen molar-refractivity contribution in [2.24, 2.45) is 0 Å². The summed E-state index contributed by atoms with van der Waals surface area (Å²) < 4.78 is 11.0. The van der Waals surface area contributed by atoms with Gasteiger partial charge in [0.15, 0.2) is 0 Å². The Morgan fingerprint density at radius 3 is 3.11 bits per heavy atom. The van der Waals surface area contributed by atoms with Crippen LogP contribution < -0.4 is 10.1 Å². The zero-order valence-corrected chi connectivity index (χ0v) is 11.7. The maximum atomic E-state index is 9.39. The highest BCUT2D eigenvalue weighted by molar-refractivity contribution is 5.43. The Morgan fingerprint density at radius 1 is 1.53 bits per heavy atom. The van der Waals surface area contributed by atoms with Gasteiger partial charge in [-0.15, -0.1) is 0 Å². The van der Waals surface area contributed by atoms with E-state index >= 15 is 0 Å². The highest BCUT2D eigenvalue weighted by Gasteiger charge is 2.23. The van der Waals surface area contributed by atoms with Crippen molar-refractivity contribution in [1.29, 1.82) is 0 Å². The molecule has 2 N–H and O–H groups in total. The Kier molecular flexibility index (Phi) is 5.19. The van der Waals surface area contributed by atoms with Gasteiger partial charge in [0.25, 0.3) is 0 Å². The molecule has 1 aromatic carbocycles. The SMILES string of the molecule is COCC(CO)NC1CCCOc2c(C)cccc21. The summed E-state index contributed by atoms with van der Waals surface area (Å²) in [5, 5.41) is 12.9. The minimum Gasteiger partial charge on any atom is -0.493 e. The van der Waals surface area contributed by atoms with Crippen molar-refractivity contribution < 1.29 is 14.6 Å². The molecule has 2 atom stereocenters. The average Bonchev–Trinajstić information content (AvgIpc) is 2.62. The van der Waals surface area contributed by atoms with E-state index in [1.165, 1.54) is 11.1 Å². The van der Waals surface area contributed by atoms with Crippen LogP contribution >= 0.6 is 0 Å². The Hall–Kier alpha value is -1.10. The molecule has 1 aliphatic heterocycles. The number of benzene rings is 1. The number of ether oxygens (including phenoxy) is 2. The van der Waals surface area contributed by atoms with E-state index in [-0.39, 0.29) is 18.7 Å². The maximum Gasteiger partial charge on any atom is 0.126 e. The first-order valence-electron chi connectivity index (χ1n) is 6.84. The molecule has 0 spiro atoms. The number of fused-ring (bicyclic) bond motifs is 1. The van der Waals surface area contributed by atoms with Crippen molar-refractivity contribution in [2.45, 2.75) is 31.8 Å². The van der Waals surface area contributed by atoms with Gasteiger partial charge < -0.3 is 19.9 Å². The summed E-state index contributed by atoms with van der Waals surface area (Å²) in [4.78, 5) is 0. The third-order valence-electron chi connectivity index (χ3n) is 3.53. The number of nitrogens with one attached hydrogen (secondary N) is 1. The summed E-state index contributed by atoms with van der Waals surface area (Å²) in [5.74, 6) is 0.992. The normalized spacial score (nSPS) is 20.3. The topological polar surface area (TPSA) is 50.7 Å². The van der Waals surface area contributed by atoms with Crippen LogP contribution in [-0.2, 0) is 4.74 Å². The van der Waals surface area contributed by atoms with Crippen LogP contribution in [0.4, 0.5) is 0 Å². The van der Waals surface area contributed by atoms with E-state index in [1.54, 1.807) is 7.11 Å². The minimum atomic E-state index is -0.0403. The van der Waals surface area contributed by atoms with Gasteiger partial charge in [0.1, 0.15) is 5.75 Å². The van der Waals surface area contributed by atoms with E-state index in [0.717, 1.165) is 25.2 Å². The summed E-state index contributed by atoms with van der Waals surface area (Å²) in [6.07, 6.45) is 2.02. The molecule has 4 nitrogen and oxygen atoms in total. The highest BCUT2D eigenvalue weighted by Crippen LogP contribution is 2.34. The number of methoxy groups -OCH3 is 1. The van der Waals surface area contributed by atoms with Crippen LogP contribution in [-0.4, -0.2) is 38.1 Å². The zero-order chi connectivity index (χ0) is 13.7. The second-order valence-electron chi connectivity index (χ2n) is 5.04. The smallest absolute Gasteiger partial charge is 0.126 e. The van der Waals surface area contributed by atoms with Crippen LogP contribution in [0.25, 0.3) is 0 Å². The van der Waals surface area contributed by atoms with Gasteiger partial charge in [-0.3, -0.25) is 0 Å². The van der Waals surface area contributed by atoms with Crippen LogP contribution in [0.5, 0.6) is 5.75 Å². The van der Waals surface area contributed by atoms with Crippen molar-refractivity contribution in [3.05, 3.63) is 29.3 Å². The molecule has 4 heteroatoms.